The lowest BCUT2D eigenvalue weighted by molar-refractivity contribution is -0.257. The molecule has 0 aromatic carbocycles. The number of rotatable bonds is 5. The van der Waals surface area contributed by atoms with E-state index in [9.17, 15) is 14.4 Å². The van der Waals surface area contributed by atoms with Crippen LogP contribution in [0.25, 0.3) is 0 Å². The summed E-state index contributed by atoms with van der Waals surface area (Å²) in [6.45, 7) is -0.252. The maximum Gasteiger partial charge on any atom is 0.387 e. The molecule has 8 nitrogen and oxygen atoms in total. The third-order valence-corrected chi connectivity index (χ3v) is 0.963. The summed E-state index contributed by atoms with van der Waals surface area (Å²) in [5.41, 5.74) is 0. The number of carboxylic acid groups (broad SMARTS) is 1. The predicted octanol–water partition coefficient (Wildman–Crippen LogP) is -2.58. The third kappa shape index (κ3) is 3.49. The summed E-state index contributed by atoms with van der Waals surface area (Å²) >= 11 is 0. The van der Waals surface area contributed by atoms with Gasteiger partial charge in [-0.25, -0.2) is 14.5 Å². The van der Waals surface area contributed by atoms with Gasteiger partial charge in [0.25, 0.3) is 0 Å². The monoisotopic (exact) mass is 194 g/mol. The van der Waals surface area contributed by atoms with Gasteiger partial charge in [-0.15, -0.1) is 0 Å². The second-order valence-electron chi connectivity index (χ2n) is 1.82. The summed E-state index contributed by atoms with van der Waals surface area (Å²) in [6.07, 6.45) is -4.64. The lowest BCUT2D eigenvalue weighted by atomic mass is 10.2. The van der Waals surface area contributed by atoms with E-state index in [0.717, 1.165) is 0 Å². The Bertz CT molecular complexity index is 211. The number of aliphatic hydroxyl groups excluding tert-OH is 2. The summed E-state index contributed by atoms with van der Waals surface area (Å²) in [4.78, 5) is 36.9. The Morgan fingerprint density at radius 1 is 1.23 bits per heavy atom. The molecule has 0 aliphatic heterocycles. The Balaban J connectivity index is 4.08. The highest BCUT2D eigenvalue weighted by Crippen LogP contribution is 1.96. The van der Waals surface area contributed by atoms with Crippen LogP contribution in [-0.2, 0) is 24.2 Å². The Hall–Kier alpha value is -1.67. The summed E-state index contributed by atoms with van der Waals surface area (Å²) in [5.74, 6) is -3.39. The molecule has 8 heteroatoms. The molecule has 2 unspecified atom stereocenters. The minimum Gasteiger partial charge on any atom is -0.479 e. The van der Waals surface area contributed by atoms with Gasteiger partial charge in [-0.3, -0.25) is 9.68 Å². The fourth-order valence-corrected chi connectivity index (χ4v) is 0.380. The van der Waals surface area contributed by atoms with Crippen molar-refractivity contribution in [2.75, 3.05) is 0 Å². The second kappa shape index (κ2) is 5.06. The maximum absolute atomic E-state index is 10.5. The molecule has 0 aromatic rings. The van der Waals surface area contributed by atoms with Crippen LogP contribution in [0.2, 0.25) is 0 Å². The molecule has 74 valence electrons. The molecule has 0 aliphatic rings. The van der Waals surface area contributed by atoms with Crippen molar-refractivity contribution in [3.8, 4) is 0 Å². The number of carbonyl (C=O) groups excluding carboxylic acids is 2. The van der Waals surface area contributed by atoms with Crippen LogP contribution < -0.4 is 0 Å². The number of carboxylic acids is 1. The molecule has 0 rings (SSSR count). The van der Waals surface area contributed by atoms with Crippen molar-refractivity contribution < 1.29 is 39.5 Å². The van der Waals surface area contributed by atoms with Gasteiger partial charge in [0, 0.05) is 0 Å². The molecule has 0 aliphatic carbocycles. The molecule has 0 spiro atoms. The first-order valence-corrected chi connectivity index (χ1v) is 2.90. The van der Waals surface area contributed by atoms with Crippen molar-refractivity contribution in [2.24, 2.45) is 0 Å². The quantitative estimate of drug-likeness (QED) is 0.247. The fourth-order valence-electron chi connectivity index (χ4n) is 0.380. The lowest BCUT2D eigenvalue weighted by Gasteiger charge is -2.09. The van der Waals surface area contributed by atoms with Crippen molar-refractivity contribution in [2.45, 2.75) is 12.2 Å². The van der Waals surface area contributed by atoms with Crippen LogP contribution in [-0.4, -0.2) is 45.9 Å². The molecule has 0 saturated carbocycles. The molecular formula is C5H6O8. The van der Waals surface area contributed by atoms with Gasteiger partial charge in [-0.2, -0.15) is 0 Å². The fraction of sp³-hybridized carbons (Fsp3) is 0.400. The topological polar surface area (TPSA) is 130 Å². The van der Waals surface area contributed by atoms with Crippen LogP contribution in [0.5, 0.6) is 0 Å². The van der Waals surface area contributed by atoms with E-state index in [-0.39, 0.29) is 6.47 Å². The Kier molecular flexibility index (Phi) is 4.41. The first-order valence-electron chi connectivity index (χ1n) is 2.90. The van der Waals surface area contributed by atoms with E-state index in [4.69, 9.17) is 15.3 Å². The van der Waals surface area contributed by atoms with Gasteiger partial charge in [-0.1, -0.05) is 0 Å². The highest BCUT2D eigenvalue weighted by atomic mass is 17.2. The largest absolute Gasteiger partial charge is 0.479 e. The number of aliphatic carboxylic acids is 1. The molecule has 0 amide bonds. The molecule has 13 heavy (non-hydrogen) atoms. The number of carbonyl (C=O) groups is 3. The molecule has 0 aromatic heterocycles. The van der Waals surface area contributed by atoms with Crippen molar-refractivity contribution in [3.63, 3.8) is 0 Å². The highest BCUT2D eigenvalue weighted by Gasteiger charge is 2.32. The van der Waals surface area contributed by atoms with E-state index in [2.05, 4.69) is 9.78 Å². The summed E-state index contributed by atoms with van der Waals surface area (Å²) < 4.78 is 0. The normalized spacial score (nSPS) is 14.0. The average Bonchev–Trinajstić information content (AvgIpc) is 2.11. The van der Waals surface area contributed by atoms with Crippen molar-refractivity contribution in [3.05, 3.63) is 0 Å². The van der Waals surface area contributed by atoms with E-state index < -0.39 is 24.1 Å². The molecular weight excluding hydrogens is 188 g/mol. The summed E-state index contributed by atoms with van der Waals surface area (Å²) in [7, 11) is 0. The molecule has 0 saturated heterocycles. The number of hydrogen-bond donors (Lipinski definition) is 3. The molecule has 0 bridgehead atoms. The van der Waals surface area contributed by atoms with E-state index in [0.29, 0.717) is 0 Å². The average molecular weight is 194 g/mol. The van der Waals surface area contributed by atoms with Gasteiger partial charge in [0.05, 0.1) is 0 Å². The Labute approximate surface area is 71.2 Å². The SMILES string of the molecule is O=COOC(=O)C(O)C(O)C(=O)O. The molecule has 0 fully saturated rings. The van der Waals surface area contributed by atoms with Gasteiger partial charge in [0.2, 0.25) is 0 Å². The van der Waals surface area contributed by atoms with Gasteiger partial charge in [0.15, 0.2) is 12.2 Å². The zero-order chi connectivity index (χ0) is 10.4. The van der Waals surface area contributed by atoms with Gasteiger partial charge in [-0.05, 0) is 0 Å². The van der Waals surface area contributed by atoms with Gasteiger partial charge < -0.3 is 15.3 Å². The van der Waals surface area contributed by atoms with Crippen LogP contribution in [0.1, 0.15) is 0 Å². The molecule has 0 heterocycles. The minimum absolute atomic E-state index is 0.252. The van der Waals surface area contributed by atoms with Crippen molar-refractivity contribution >= 4 is 18.4 Å². The first-order chi connectivity index (χ1) is 6.00. The van der Waals surface area contributed by atoms with E-state index in [1.165, 1.54) is 0 Å². The highest BCUT2D eigenvalue weighted by molar-refractivity contribution is 5.84. The second-order valence-corrected chi connectivity index (χ2v) is 1.82. The Morgan fingerprint density at radius 2 is 1.77 bits per heavy atom. The minimum atomic E-state index is -2.33. The van der Waals surface area contributed by atoms with E-state index >= 15 is 0 Å². The number of aliphatic hydroxyl groups is 2. The lowest BCUT2D eigenvalue weighted by Crippen LogP contribution is -2.40. The van der Waals surface area contributed by atoms with E-state index in [1.807, 2.05) is 0 Å². The van der Waals surface area contributed by atoms with Crippen LogP contribution in [0.15, 0.2) is 0 Å². The van der Waals surface area contributed by atoms with Crippen LogP contribution >= 0.6 is 0 Å². The summed E-state index contributed by atoms with van der Waals surface area (Å²) in [6, 6.07) is 0. The van der Waals surface area contributed by atoms with Crippen molar-refractivity contribution in [1.29, 1.82) is 0 Å². The summed E-state index contributed by atoms with van der Waals surface area (Å²) in [5, 5.41) is 25.4. The third-order valence-electron chi connectivity index (χ3n) is 0.963. The zero-order valence-corrected chi connectivity index (χ0v) is 6.11. The van der Waals surface area contributed by atoms with Crippen LogP contribution in [0.4, 0.5) is 0 Å². The molecule has 0 radical (unpaired) electrons. The first kappa shape index (κ1) is 11.3. The van der Waals surface area contributed by atoms with Crippen molar-refractivity contribution in [1.82, 2.24) is 0 Å². The van der Waals surface area contributed by atoms with Crippen LogP contribution in [0, 0.1) is 0 Å². The predicted molar refractivity (Wildman–Crippen MR) is 32.9 cm³/mol. The molecule has 2 atom stereocenters. The standard InChI is InChI=1S/C5H6O8/c6-1-12-13-5(11)3(8)2(7)4(9)10/h1-3,7-8H,(H,9,10). The Morgan fingerprint density at radius 3 is 2.15 bits per heavy atom. The number of hydrogen-bond acceptors (Lipinski definition) is 7. The smallest absolute Gasteiger partial charge is 0.387 e. The van der Waals surface area contributed by atoms with Crippen LogP contribution in [0.3, 0.4) is 0 Å². The molecule has 3 N–H and O–H groups in total. The van der Waals surface area contributed by atoms with E-state index in [1.54, 1.807) is 0 Å². The van der Waals surface area contributed by atoms with Gasteiger partial charge in [0.1, 0.15) is 0 Å². The van der Waals surface area contributed by atoms with Gasteiger partial charge >= 0.3 is 18.4 Å². The maximum atomic E-state index is 10.5. The zero-order valence-electron chi connectivity index (χ0n) is 6.11.